The molecule has 0 aromatic heterocycles. The standard InChI is InChI=1S/C27H42N2O4/c1-16(2)10-20-14-29-9-8-19-11-25(32-15-18-6-7-18)24(31-5)12-21(19)22(29)13-23(20)33-27(30)26(28)17(3)4/h11-12,16-18,20,22-23,26H,6-10,13-15,28H2,1-5H3/t20-,22-,23-,26+/m1/s1. The first-order valence-corrected chi connectivity index (χ1v) is 12.8. The molecule has 184 valence electrons. The van der Waals surface area contributed by atoms with Gasteiger partial charge in [0.05, 0.1) is 13.7 Å². The number of hydrogen-bond donors (Lipinski definition) is 1. The molecule has 6 heteroatoms. The van der Waals surface area contributed by atoms with Gasteiger partial charge in [0.1, 0.15) is 12.1 Å². The number of nitrogens with two attached hydrogens (primary N) is 1. The number of esters is 1. The fraction of sp³-hybridized carbons (Fsp3) is 0.741. The summed E-state index contributed by atoms with van der Waals surface area (Å²) < 4.78 is 17.9. The molecular formula is C27H42N2O4. The second-order valence-corrected chi connectivity index (χ2v) is 11.1. The Labute approximate surface area is 199 Å². The number of rotatable bonds is 9. The highest BCUT2D eigenvalue weighted by Crippen LogP contribution is 2.45. The van der Waals surface area contributed by atoms with Gasteiger partial charge >= 0.3 is 5.97 Å². The first kappa shape index (κ1) is 24.3. The zero-order valence-electron chi connectivity index (χ0n) is 21.0. The van der Waals surface area contributed by atoms with E-state index in [2.05, 4.69) is 30.9 Å². The summed E-state index contributed by atoms with van der Waals surface area (Å²) in [5.41, 5.74) is 8.74. The Morgan fingerprint density at radius 1 is 1.18 bits per heavy atom. The molecule has 1 saturated carbocycles. The molecule has 2 N–H and O–H groups in total. The van der Waals surface area contributed by atoms with Gasteiger partial charge in [-0.05, 0) is 66.7 Å². The number of carbonyl (C=O) groups is 1. The summed E-state index contributed by atoms with van der Waals surface area (Å²) in [6.45, 7) is 11.1. The second kappa shape index (κ2) is 10.2. The van der Waals surface area contributed by atoms with Gasteiger partial charge < -0.3 is 19.9 Å². The minimum absolute atomic E-state index is 0.0647. The number of carbonyl (C=O) groups excluding carboxylic acids is 1. The van der Waals surface area contributed by atoms with Crippen molar-refractivity contribution < 1.29 is 19.0 Å². The Bertz CT molecular complexity index is 836. The molecule has 0 amide bonds. The highest BCUT2D eigenvalue weighted by molar-refractivity contribution is 5.76. The van der Waals surface area contributed by atoms with Crippen LogP contribution in [-0.2, 0) is 16.0 Å². The lowest BCUT2D eigenvalue weighted by Gasteiger charge is -2.47. The van der Waals surface area contributed by atoms with Gasteiger partial charge in [-0.15, -0.1) is 0 Å². The van der Waals surface area contributed by atoms with E-state index >= 15 is 0 Å². The Kier molecular flexibility index (Phi) is 7.54. The molecule has 33 heavy (non-hydrogen) atoms. The Morgan fingerprint density at radius 3 is 2.58 bits per heavy atom. The number of nitrogens with zero attached hydrogens (tertiary/aromatic N) is 1. The first-order chi connectivity index (χ1) is 15.8. The number of ether oxygens (including phenoxy) is 3. The summed E-state index contributed by atoms with van der Waals surface area (Å²) in [5.74, 6) is 3.03. The molecule has 1 aliphatic carbocycles. The maximum atomic E-state index is 12.8. The highest BCUT2D eigenvalue weighted by atomic mass is 16.5. The SMILES string of the molecule is COc1cc2c(cc1OCC1CC1)CCN1C[C@@H](CC(C)C)[C@H](OC(=O)[C@@H](N)C(C)C)C[C@H]21. The molecule has 6 nitrogen and oxygen atoms in total. The second-order valence-electron chi connectivity index (χ2n) is 11.1. The predicted octanol–water partition coefficient (Wildman–Crippen LogP) is 4.34. The van der Waals surface area contributed by atoms with Crippen molar-refractivity contribution in [3.63, 3.8) is 0 Å². The number of methoxy groups -OCH3 is 1. The molecule has 0 bridgehead atoms. The fourth-order valence-electron chi connectivity index (χ4n) is 5.33. The van der Waals surface area contributed by atoms with Crippen molar-refractivity contribution in [2.45, 2.75) is 78.0 Å². The average molecular weight is 459 g/mol. The Hall–Kier alpha value is -1.79. The number of hydrogen-bond acceptors (Lipinski definition) is 6. The molecule has 1 aromatic rings. The molecule has 0 spiro atoms. The lowest BCUT2D eigenvalue weighted by molar-refractivity contribution is -0.160. The lowest BCUT2D eigenvalue weighted by atomic mass is 9.79. The van der Waals surface area contributed by atoms with E-state index in [1.54, 1.807) is 7.11 Å². The smallest absolute Gasteiger partial charge is 0.323 e. The quantitative estimate of drug-likeness (QED) is 0.555. The van der Waals surface area contributed by atoms with Crippen LogP contribution in [0.4, 0.5) is 0 Å². The summed E-state index contributed by atoms with van der Waals surface area (Å²) in [7, 11) is 1.71. The maximum Gasteiger partial charge on any atom is 0.323 e. The van der Waals surface area contributed by atoms with Crippen molar-refractivity contribution in [1.29, 1.82) is 0 Å². The zero-order chi connectivity index (χ0) is 23.7. The molecule has 2 heterocycles. The molecule has 2 aliphatic heterocycles. The van der Waals surface area contributed by atoms with Gasteiger partial charge in [-0.1, -0.05) is 27.7 Å². The van der Waals surface area contributed by atoms with Crippen molar-refractivity contribution in [3.8, 4) is 11.5 Å². The molecule has 4 atom stereocenters. The van der Waals surface area contributed by atoms with E-state index in [4.69, 9.17) is 19.9 Å². The molecule has 1 saturated heterocycles. The van der Waals surface area contributed by atoms with E-state index in [0.29, 0.717) is 17.8 Å². The molecule has 0 radical (unpaired) electrons. The number of piperidine rings is 1. The van der Waals surface area contributed by atoms with E-state index in [-0.39, 0.29) is 24.0 Å². The molecule has 4 rings (SSSR count). The van der Waals surface area contributed by atoms with Gasteiger partial charge in [0.25, 0.3) is 0 Å². The summed E-state index contributed by atoms with van der Waals surface area (Å²) in [4.78, 5) is 15.3. The molecule has 0 unspecified atom stereocenters. The molecular weight excluding hydrogens is 416 g/mol. The Balaban J connectivity index is 1.56. The first-order valence-electron chi connectivity index (χ1n) is 12.8. The fourth-order valence-corrected chi connectivity index (χ4v) is 5.33. The van der Waals surface area contributed by atoms with Crippen molar-refractivity contribution in [2.24, 2.45) is 29.4 Å². The van der Waals surface area contributed by atoms with E-state index in [1.807, 2.05) is 13.8 Å². The summed E-state index contributed by atoms with van der Waals surface area (Å²) in [5, 5.41) is 0. The monoisotopic (exact) mass is 458 g/mol. The van der Waals surface area contributed by atoms with Gasteiger partial charge in [0.2, 0.25) is 0 Å². The summed E-state index contributed by atoms with van der Waals surface area (Å²) in [6, 6.07) is 3.99. The summed E-state index contributed by atoms with van der Waals surface area (Å²) >= 11 is 0. The number of fused-ring (bicyclic) bond motifs is 3. The van der Waals surface area contributed by atoms with Crippen LogP contribution < -0.4 is 15.2 Å². The van der Waals surface area contributed by atoms with E-state index in [9.17, 15) is 4.79 Å². The van der Waals surface area contributed by atoms with Gasteiger partial charge in [-0.25, -0.2) is 0 Å². The molecule has 3 aliphatic rings. The van der Waals surface area contributed by atoms with Crippen LogP contribution in [0.25, 0.3) is 0 Å². The predicted molar refractivity (Wildman–Crippen MR) is 129 cm³/mol. The van der Waals surface area contributed by atoms with Crippen LogP contribution >= 0.6 is 0 Å². The van der Waals surface area contributed by atoms with Crippen LogP contribution in [0.5, 0.6) is 11.5 Å². The van der Waals surface area contributed by atoms with Crippen LogP contribution in [0.15, 0.2) is 12.1 Å². The summed E-state index contributed by atoms with van der Waals surface area (Å²) in [6.07, 6.45) is 5.26. The van der Waals surface area contributed by atoms with E-state index < -0.39 is 6.04 Å². The minimum atomic E-state index is -0.576. The van der Waals surface area contributed by atoms with Gasteiger partial charge in [-0.3, -0.25) is 9.69 Å². The van der Waals surface area contributed by atoms with Crippen LogP contribution in [0, 0.1) is 23.7 Å². The van der Waals surface area contributed by atoms with Crippen LogP contribution in [0.2, 0.25) is 0 Å². The van der Waals surface area contributed by atoms with Crippen molar-refractivity contribution >= 4 is 5.97 Å². The van der Waals surface area contributed by atoms with Crippen LogP contribution in [-0.4, -0.2) is 49.8 Å². The van der Waals surface area contributed by atoms with Crippen molar-refractivity contribution in [2.75, 3.05) is 26.8 Å². The number of benzene rings is 1. The maximum absolute atomic E-state index is 12.8. The normalized spacial score (nSPS) is 26.0. The van der Waals surface area contributed by atoms with Crippen LogP contribution in [0.1, 0.15) is 70.5 Å². The third-order valence-corrected chi connectivity index (χ3v) is 7.55. The van der Waals surface area contributed by atoms with Gasteiger partial charge in [0, 0.05) is 31.5 Å². The molecule has 1 aromatic carbocycles. The van der Waals surface area contributed by atoms with E-state index in [0.717, 1.165) is 50.5 Å². The molecule has 2 fully saturated rings. The Morgan fingerprint density at radius 2 is 1.94 bits per heavy atom. The van der Waals surface area contributed by atoms with E-state index in [1.165, 1.54) is 24.0 Å². The van der Waals surface area contributed by atoms with Gasteiger partial charge in [0.15, 0.2) is 11.5 Å². The minimum Gasteiger partial charge on any atom is -0.493 e. The largest absolute Gasteiger partial charge is 0.493 e. The lowest BCUT2D eigenvalue weighted by Crippen LogP contribution is -2.51. The highest BCUT2D eigenvalue weighted by Gasteiger charge is 2.42. The average Bonchev–Trinajstić information content (AvgIpc) is 3.60. The third-order valence-electron chi connectivity index (χ3n) is 7.55. The van der Waals surface area contributed by atoms with Crippen molar-refractivity contribution in [1.82, 2.24) is 4.90 Å². The van der Waals surface area contributed by atoms with Crippen molar-refractivity contribution in [3.05, 3.63) is 23.3 Å². The van der Waals surface area contributed by atoms with Crippen LogP contribution in [0.3, 0.4) is 0 Å². The zero-order valence-corrected chi connectivity index (χ0v) is 21.0. The topological polar surface area (TPSA) is 74.0 Å². The third kappa shape index (κ3) is 5.65. The van der Waals surface area contributed by atoms with Gasteiger partial charge in [-0.2, -0.15) is 0 Å².